The number of urea groups is 1. The van der Waals surface area contributed by atoms with E-state index in [1.165, 1.54) is 7.11 Å². The molecule has 0 atom stereocenters. The fourth-order valence-corrected chi connectivity index (χ4v) is 2.91. The molecule has 6 nitrogen and oxygen atoms in total. The smallest absolute Gasteiger partial charge is 0.497 e. The third-order valence-corrected chi connectivity index (χ3v) is 4.88. The molecule has 0 aliphatic carbocycles. The fourth-order valence-electron chi connectivity index (χ4n) is 2.01. The van der Waals surface area contributed by atoms with Gasteiger partial charge in [-0.3, -0.25) is 0 Å². The van der Waals surface area contributed by atoms with E-state index in [1.54, 1.807) is 24.3 Å². The van der Waals surface area contributed by atoms with Crippen molar-refractivity contribution in [3.05, 3.63) is 48.0 Å². The molecule has 2 aromatic rings. The van der Waals surface area contributed by atoms with E-state index in [0.29, 0.717) is 5.69 Å². The van der Waals surface area contributed by atoms with E-state index >= 15 is 0 Å². The molecule has 2 aromatic carbocycles. The first kappa shape index (κ1) is 19.6. The monoisotopic (exact) mass is 388 g/mol. The lowest BCUT2D eigenvalue weighted by Crippen LogP contribution is -2.26. The lowest BCUT2D eigenvalue weighted by atomic mass is 10.2. The van der Waals surface area contributed by atoms with E-state index < -0.39 is 32.0 Å². The van der Waals surface area contributed by atoms with E-state index in [4.69, 9.17) is 4.74 Å². The molecule has 2 amide bonds. The summed E-state index contributed by atoms with van der Waals surface area (Å²) in [5.41, 5.74) is -4.73. The molecule has 10 heteroatoms. The Morgan fingerprint density at radius 3 is 2.19 bits per heavy atom. The number of hydrogen-bond acceptors (Lipinski definition) is 4. The van der Waals surface area contributed by atoms with Crippen molar-refractivity contribution in [1.29, 1.82) is 0 Å². The molecule has 0 bridgehead atoms. The van der Waals surface area contributed by atoms with E-state index in [1.807, 2.05) is 6.92 Å². The SMILES string of the molecule is COc1ccc(S(=O)(=O)C(F)(F)F)c(NC(=O)Nc2ccc(C)cc2)c1. The predicted molar refractivity (Wildman–Crippen MR) is 90.1 cm³/mol. The van der Waals surface area contributed by atoms with E-state index in [9.17, 15) is 26.4 Å². The van der Waals surface area contributed by atoms with Crippen molar-refractivity contribution in [2.45, 2.75) is 17.3 Å². The molecule has 0 fully saturated rings. The number of hydrogen-bond donors (Lipinski definition) is 2. The van der Waals surface area contributed by atoms with Crippen LogP contribution < -0.4 is 15.4 Å². The molecule has 0 unspecified atom stereocenters. The number of halogens is 3. The zero-order valence-corrected chi connectivity index (χ0v) is 14.5. The van der Waals surface area contributed by atoms with Gasteiger partial charge in [0, 0.05) is 11.8 Å². The zero-order chi connectivity index (χ0) is 19.5. The second-order valence-electron chi connectivity index (χ2n) is 5.26. The highest BCUT2D eigenvalue weighted by molar-refractivity contribution is 7.92. The van der Waals surface area contributed by atoms with Gasteiger partial charge in [0.05, 0.1) is 17.7 Å². The van der Waals surface area contributed by atoms with Gasteiger partial charge in [-0.2, -0.15) is 13.2 Å². The first-order valence-electron chi connectivity index (χ1n) is 7.18. The summed E-state index contributed by atoms with van der Waals surface area (Å²) in [5, 5.41) is 4.52. The number of methoxy groups -OCH3 is 1. The van der Waals surface area contributed by atoms with Crippen LogP contribution in [0.5, 0.6) is 5.75 Å². The molecule has 0 saturated carbocycles. The van der Waals surface area contributed by atoms with Crippen LogP contribution in [-0.4, -0.2) is 27.1 Å². The molecule has 26 heavy (non-hydrogen) atoms. The third kappa shape index (κ3) is 4.26. The molecule has 0 spiro atoms. The normalized spacial score (nSPS) is 11.7. The quantitative estimate of drug-likeness (QED) is 0.831. The summed E-state index contributed by atoms with van der Waals surface area (Å²) in [4.78, 5) is 11.0. The highest BCUT2D eigenvalue weighted by Gasteiger charge is 2.48. The number of amides is 2. The predicted octanol–water partition coefficient (Wildman–Crippen LogP) is 3.94. The number of aryl methyl sites for hydroxylation is 1. The Bertz CT molecular complexity index is 910. The van der Waals surface area contributed by atoms with Gasteiger partial charge in [-0.05, 0) is 31.2 Å². The molecular weight excluding hydrogens is 373 g/mol. The number of ether oxygens (including phenoxy) is 1. The molecule has 0 saturated heterocycles. The van der Waals surface area contributed by atoms with Gasteiger partial charge in [-0.1, -0.05) is 17.7 Å². The first-order valence-corrected chi connectivity index (χ1v) is 8.67. The number of rotatable bonds is 4. The molecule has 0 radical (unpaired) electrons. The average Bonchev–Trinajstić information content (AvgIpc) is 2.55. The van der Waals surface area contributed by atoms with Gasteiger partial charge in [0.2, 0.25) is 0 Å². The summed E-state index contributed by atoms with van der Waals surface area (Å²) in [6.07, 6.45) is 0. The lowest BCUT2D eigenvalue weighted by Gasteiger charge is -2.15. The van der Waals surface area contributed by atoms with Crippen LogP contribution in [0.2, 0.25) is 0 Å². The number of carbonyl (C=O) groups excluding carboxylic acids is 1. The Morgan fingerprint density at radius 2 is 1.65 bits per heavy atom. The van der Waals surface area contributed by atoms with Gasteiger partial charge in [0.25, 0.3) is 9.84 Å². The van der Waals surface area contributed by atoms with Crippen LogP contribution in [0, 0.1) is 6.92 Å². The summed E-state index contributed by atoms with van der Waals surface area (Å²) in [7, 11) is -4.40. The maximum absolute atomic E-state index is 12.9. The Balaban J connectivity index is 2.35. The van der Waals surface area contributed by atoms with Crippen molar-refractivity contribution in [1.82, 2.24) is 0 Å². The van der Waals surface area contributed by atoms with Crippen LogP contribution in [0.4, 0.5) is 29.3 Å². The Kier molecular flexibility index (Phi) is 5.45. The summed E-state index contributed by atoms with van der Waals surface area (Å²) < 4.78 is 66.9. The van der Waals surface area contributed by atoms with Crippen LogP contribution in [-0.2, 0) is 9.84 Å². The van der Waals surface area contributed by atoms with E-state index in [0.717, 1.165) is 23.8 Å². The van der Waals surface area contributed by atoms with Crippen LogP contribution >= 0.6 is 0 Å². The van der Waals surface area contributed by atoms with Crippen molar-refractivity contribution in [2.75, 3.05) is 17.7 Å². The number of sulfone groups is 1. The van der Waals surface area contributed by atoms with Crippen molar-refractivity contribution in [3.63, 3.8) is 0 Å². The largest absolute Gasteiger partial charge is 0.501 e. The lowest BCUT2D eigenvalue weighted by molar-refractivity contribution is -0.0435. The van der Waals surface area contributed by atoms with Crippen molar-refractivity contribution < 1.29 is 31.1 Å². The molecule has 0 aliphatic heterocycles. The summed E-state index contributed by atoms with van der Waals surface area (Å²) in [5.74, 6) is 0.0803. The molecule has 2 rings (SSSR count). The Labute approximate surface area is 147 Å². The standard InChI is InChI=1S/C16H15F3N2O4S/c1-10-3-5-11(6-4-10)20-15(22)21-13-9-12(25-2)7-8-14(13)26(23,24)16(17,18)19/h3-9H,1-2H3,(H2,20,21,22). The summed E-state index contributed by atoms with van der Waals surface area (Å²) in [6, 6.07) is 8.50. The second-order valence-corrected chi connectivity index (χ2v) is 7.17. The maximum Gasteiger partial charge on any atom is 0.501 e. The van der Waals surface area contributed by atoms with Gasteiger partial charge in [0.15, 0.2) is 0 Å². The minimum absolute atomic E-state index is 0.0803. The molecule has 0 aromatic heterocycles. The maximum atomic E-state index is 12.9. The van der Waals surface area contributed by atoms with Crippen molar-refractivity contribution >= 4 is 27.2 Å². The van der Waals surface area contributed by atoms with Gasteiger partial charge < -0.3 is 15.4 Å². The van der Waals surface area contributed by atoms with Gasteiger partial charge >= 0.3 is 11.5 Å². The Morgan fingerprint density at radius 1 is 1.04 bits per heavy atom. The number of carbonyl (C=O) groups is 1. The first-order chi connectivity index (χ1) is 12.0. The van der Waals surface area contributed by atoms with Gasteiger partial charge in [0.1, 0.15) is 5.75 Å². The van der Waals surface area contributed by atoms with Gasteiger partial charge in [-0.15, -0.1) is 0 Å². The number of benzene rings is 2. The average molecular weight is 388 g/mol. The van der Waals surface area contributed by atoms with Gasteiger partial charge in [-0.25, -0.2) is 13.2 Å². The molecule has 0 heterocycles. The van der Waals surface area contributed by atoms with Crippen molar-refractivity contribution in [2.24, 2.45) is 0 Å². The minimum atomic E-state index is -5.65. The number of alkyl halides is 3. The van der Waals surface area contributed by atoms with E-state index in [-0.39, 0.29) is 5.75 Å². The summed E-state index contributed by atoms with van der Waals surface area (Å²) >= 11 is 0. The Hall–Kier alpha value is -2.75. The van der Waals surface area contributed by atoms with Crippen LogP contribution in [0.25, 0.3) is 0 Å². The van der Waals surface area contributed by atoms with Crippen LogP contribution in [0.3, 0.4) is 0 Å². The topological polar surface area (TPSA) is 84.5 Å². The molecule has 140 valence electrons. The van der Waals surface area contributed by atoms with Crippen LogP contribution in [0.15, 0.2) is 47.4 Å². The minimum Gasteiger partial charge on any atom is -0.497 e. The highest BCUT2D eigenvalue weighted by atomic mass is 32.2. The fraction of sp³-hybridized carbons (Fsp3) is 0.188. The van der Waals surface area contributed by atoms with E-state index in [2.05, 4.69) is 10.6 Å². The highest BCUT2D eigenvalue weighted by Crippen LogP contribution is 2.36. The second kappa shape index (κ2) is 7.24. The third-order valence-electron chi connectivity index (χ3n) is 3.34. The molecule has 0 aliphatic rings. The molecule has 2 N–H and O–H groups in total. The molecular formula is C16H15F3N2O4S. The van der Waals surface area contributed by atoms with Crippen molar-refractivity contribution in [3.8, 4) is 5.75 Å². The summed E-state index contributed by atoms with van der Waals surface area (Å²) in [6.45, 7) is 1.84. The van der Waals surface area contributed by atoms with Crippen LogP contribution in [0.1, 0.15) is 5.56 Å². The zero-order valence-electron chi connectivity index (χ0n) is 13.7. The number of anilines is 2. The number of nitrogens with one attached hydrogen (secondary N) is 2.